The van der Waals surface area contributed by atoms with Crippen molar-refractivity contribution >= 4 is 25.3 Å². The van der Waals surface area contributed by atoms with Crippen molar-refractivity contribution in [1.29, 1.82) is 0 Å². The first-order valence-electron chi connectivity index (χ1n) is 9.97. The van der Waals surface area contributed by atoms with Crippen LogP contribution in [0.4, 0.5) is 5.82 Å². The number of nitrogens with two attached hydrogens (primary N) is 1. The number of aromatic nitrogens is 4. The molecule has 0 unspecified atom stereocenters. The highest BCUT2D eigenvalue weighted by Crippen LogP contribution is 2.45. The van der Waals surface area contributed by atoms with Gasteiger partial charge >= 0.3 is 0 Å². The molecule has 8 heteroatoms. The lowest BCUT2D eigenvalue weighted by atomic mass is 9.99. The Labute approximate surface area is 168 Å². The van der Waals surface area contributed by atoms with Gasteiger partial charge in [0.25, 0.3) is 0 Å². The maximum absolute atomic E-state index is 9.90. The van der Waals surface area contributed by atoms with Crippen molar-refractivity contribution in [2.75, 3.05) is 18.9 Å². The van der Waals surface area contributed by atoms with Gasteiger partial charge in [0.05, 0.1) is 19.0 Å². The van der Waals surface area contributed by atoms with Crippen LogP contribution in [-0.2, 0) is 4.43 Å². The Bertz CT molecular complexity index is 875. The normalized spacial score (nSPS) is 20.9. The molecule has 1 aliphatic carbocycles. The second kappa shape index (κ2) is 7.57. The van der Waals surface area contributed by atoms with E-state index >= 15 is 0 Å². The first-order valence-corrected chi connectivity index (χ1v) is 12.9. The van der Waals surface area contributed by atoms with Crippen LogP contribution in [0.1, 0.15) is 40.2 Å². The van der Waals surface area contributed by atoms with Gasteiger partial charge in [0.1, 0.15) is 11.8 Å². The van der Waals surface area contributed by atoms with Gasteiger partial charge in [-0.2, -0.15) is 0 Å². The van der Waals surface area contributed by atoms with Crippen molar-refractivity contribution < 1.29 is 9.53 Å². The number of aliphatic hydroxyl groups excluding tert-OH is 1. The molecule has 2 heterocycles. The second-order valence-electron chi connectivity index (χ2n) is 9.18. The van der Waals surface area contributed by atoms with Crippen LogP contribution in [-0.4, -0.2) is 46.2 Å². The summed E-state index contributed by atoms with van der Waals surface area (Å²) < 4.78 is 8.58. The van der Waals surface area contributed by atoms with E-state index in [2.05, 4.69) is 61.8 Å². The van der Waals surface area contributed by atoms with Gasteiger partial charge in [-0.05, 0) is 36.0 Å². The van der Waals surface area contributed by atoms with Crippen LogP contribution in [0.5, 0.6) is 0 Å². The molecule has 0 aromatic carbocycles. The molecule has 7 nitrogen and oxygen atoms in total. The summed E-state index contributed by atoms with van der Waals surface area (Å²) >= 11 is 0. The number of aliphatic hydroxyl groups is 1. The van der Waals surface area contributed by atoms with E-state index in [1.54, 1.807) is 6.33 Å². The largest absolute Gasteiger partial charge is 0.416 e. The summed E-state index contributed by atoms with van der Waals surface area (Å²) in [5, 5.41) is 10.1. The molecule has 0 saturated heterocycles. The standard InChI is InChI=1S/C20H33N5O2Si/c1-13(2)20(3,4)28(5,6)27-10-15-8-16(7-14(15)9-26)25-12-24-17-18(21)22-11-23-19(17)25/h7,11-13,15-16,26H,8-10H2,1-6H3,(H2,21,22,23)/t15-,16+/m1/s1. The van der Waals surface area contributed by atoms with E-state index in [4.69, 9.17) is 10.2 Å². The zero-order valence-corrected chi connectivity index (χ0v) is 18.8. The number of fused-ring (bicyclic) bond motifs is 1. The molecular weight excluding hydrogens is 370 g/mol. The summed E-state index contributed by atoms with van der Waals surface area (Å²) in [4.78, 5) is 12.7. The molecule has 3 N–H and O–H groups in total. The summed E-state index contributed by atoms with van der Waals surface area (Å²) in [7, 11) is -1.91. The zero-order chi connectivity index (χ0) is 20.7. The molecule has 1 aliphatic rings. The molecule has 0 aliphatic heterocycles. The molecule has 0 amide bonds. The van der Waals surface area contributed by atoms with Crippen molar-refractivity contribution in [2.24, 2.45) is 11.8 Å². The molecule has 0 radical (unpaired) electrons. The molecule has 0 saturated carbocycles. The quantitative estimate of drug-likeness (QED) is 0.542. The molecule has 2 atom stereocenters. The topological polar surface area (TPSA) is 99.1 Å². The third-order valence-corrected chi connectivity index (χ3v) is 11.6. The molecule has 0 bridgehead atoms. The van der Waals surface area contributed by atoms with Crippen LogP contribution in [0.25, 0.3) is 11.2 Å². The molecule has 2 aromatic heterocycles. The predicted octanol–water partition coefficient (Wildman–Crippen LogP) is 3.55. The zero-order valence-electron chi connectivity index (χ0n) is 17.8. The van der Waals surface area contributed by atoms with Gasteiger partial charge in [0.15, 0.2) is 19.8 Å². The van der Waals surface area contributed by atoms with E-state index in [1.165, 1.54) is 6.33 Å². The highest BCUT2D eigenvalue weighted by molar-refractivity contribution is 6.74. The van der Waals surface area contributed by atoms with Crippen LogP contribution in [0.3, 0.4) is 0 Å². The van der Waals surface area contributed by atoms with Gasteiger partial charge in [-0.15, -0.1) is 0 Å². The molecule has 28 heavy (non-hydrogen) atoms. The van der Waals surface area contributed by atoms with Crippen LogP contribution in [0, 0.1) is 11.8 Å². The molecule has 0 fully saturated rings. The SMILES string of the molecule is CC(C)C(C)(C)[Si](C)(C)OC[C@H]1C[C@@H](n2cnc3c(N)ncnc32)C=C1CO. The smallest absolute Gasteiger partial charge is 0.192 e. The van der Waals surface area contributed by atoms with E-state index in [9.17, 15) is 5.11 Å². The van der Waals surface area contributed by atoms with Gasteiger partial charge in [-0.25, -0.2) is 15.0 Å². The second-order valence-corrected chi connectivity index (χ2v) is 13.8. The van der Waals surface area contributed by atoms with E-state index in [0.29, 0.717) is 23.9 Å². The Morgan fingerprint density at radius 3 is 2.68 bits per heavy atom. The van der Waals surface area contributed by atoms with Crippen LogP contribution >= 0.6 is 0 Å². The predicted molar refractivity (Wildman–Crippen MR) is 114 cm³/mol. The van der Waals surface area contributed by atoms with Crippen LogP contribution < -0.4 is 5.73 Å². The Hall–Kier alpha value is -1.77. The Morgan fingerprint density at radius 1 is 1.32 bits per heavy atom. The number of anilines is 1. The lowest BCUT2D eigenvalue weighted by Crippen LogP contribution is -2.46. The highest BCUT2D eigenvalue weighted by atomic mass is 28.4. The first-order chi connectivity index (χ1) is 13.1. The fourth-order valence-electron chi connectivity index (χ4n) is 3.75. The lowest BCUT2D eigenvalue weighted by molar-refractivity contribution is 0.214. The van der Waals surface area contributed by atoms with Crippen molar-refractivity contribution in [2.45, 2.75) is 58.3 Å². The summed E-state index contributed by atoms with van der Waals surface area (Å²) in [6.07, 6.45) is 6.20. The van der Waals surface area contributed by atoms with E-state index in [0.717, 1.165) is 17.6 Å². The van der Waals surface area contributed by atoms with Crippen LogP contribution in [0.2, 0.25) is 18.1 Å². The Kier molecular flexibility index (Phi) is 5.66. The van der Waals surface area contributed by atoms with Crippen molar-refractivity contribution in [3.05, 3.63) is 24.3 Å². The Morgan fingerprint density at radius 2 is 2.04 bits per heavy atom. The molecular formula is C20H33N5O2Si. The maximum atomic E-state index is 9.90. The molecule has 2 aromatic rings. The number of hydrogen-bond acceptors (Lipinski definition) is 6. The molecule has 0 spiro atoms. The minimum Gasteiger partial charge on any atom is -0.416 e. The Balaban J connectivity index is 1.77. The maximum Gasteiger partial charge on any atom is 0.192 e. The minimum atomic E-state index is -1.91. The van der Waals surface area contributed by atoms with Gasteiger partial charge in [0, 0.05) is 12.5 Å². The van der Waals surface area contributed by atoms with Gasteiger partial charge < -0.3 is 19.8 Å². The average molecular weight is 404 g/mol. The summed E-state index contributed by atoms with van der Waals surface area (Å²) in [6.45, 7) is 14.4. The summed E-state index contributed by atoms with van der Waals surface area (Å²) in [5.41, 5.74) is 8.28. The number of rotatable bonds is 7. The number of allylic oxidation sites excluding steroid dienone is 1. The number of nitrogen functional groups attached to an aromatic ring is 1. The monoisotopic (exact) mass is 403 g/mol. The van der Waals surface area contributed by atoms with Gasteiger partial charge in [-0.3, -0.25) is 0 Å². The third-order valence-electron chi connectivity index (χ3n) is 7.02. The number of nitrogens with zero attached hydrogens (tertiary/aromatic N) is 4. The lowest BCUT2D eigenvalue weighted by Gasteiger charge is -2.43. The fraction of sp³-hybridized carbons (Fsp3) is 0.650. The van der Waals surface area contributed by atoms with Crippen molar-refractivity contribution in [1.82, 2.24) is 19.5 Å². The highest BCUT2D eigenvalue weighted by Gasteiger charge is 2.44. The van der Waals surface area contributed by atoms with Crippen molar-refractivity contribution in [3.8, 4) is 0 Å². The molecule has 3 rings (SSSR count). The van der Waals surface area contributed by atoms with Gasteiger partial charge in [-0.1, -0.05) is 33.8 Å². The number of imidazole rings is 1. The van der Waals surface area contributed by atoms with E-state index in [-0.39, 0.29) is 23.6 Å². The minimum absolute atomic E-state index is 0.0455. The summed E-state index contributed by atoms with van der Waals surface area (Å²) in [6, 6.07) is 0.0814. The fourth-order valence-corrected chi connectivity index (χ4v) is 6.13. The molecule has 154 valence electrons. The van der Waals surface area contributed by atoms with Gasteiger partial charge in [0.2, 0.25) is 0 Å². The average Bonchev–Trinajstić information content (AvgIpc) is 3.24. The van der Waals surface area contributed by atoms with Crippen LogP contribution in [0.15, 0.2) is 24.3 Å². The number of hydrogen-bond donors (Lipinski definition) is 2. The first kappa shape index (κ1) is 20.9. The van der Waals surface area contributed by atoms with Crippen molar-refractivity contribution in [3.63, 3.8) is 0 Å². The van der Waals surface area contributed by atoms with E-state index < -0.39 is 8.32 Å². The summed E-state index contributed by atoms with van der Waals surface area (Å²) in [5.74, 6) is 1.14. The third kappa shape index (κ3) is 3.60. The van der Waals surface area contributed by atoms with E-state index in [1.807, 2.05) is 4.57 Å².